The van der Waals surface area contributed by atoms with Crippen LogP contribution in [0.2, 0.25) is 0 Å². The summed E-state index contributed by atoms with van der Waals surface area (Å²) in [5.41, 5.74) is 2.60. The van der Waals surface area contributed by atoms with Crippen molar-refractivity contribution in [2.45, 2.75) is 37.6 Å². The van der Waals surface area contributed by atoms with E-state index in [1.807, 2.05) is 13.0 Å². The van der Waals surface area contributed by atoms with Gasteiger partial charge in [-0.2, -0.15) is 0 Å². The zero-order valence-corrected chi connectivity index (χ0v) is 14.5. The summed E-state index contributed by atoms with van der Waals surface area (Å²) in [7, 11) is -3.44. The fourth-order valence-corrected chi connectivity index (χ4v) is 4.89. The molecule has 5 nitrogen and oxygen atoms in total. The predicted octanol–water partition coefficient (Wildman–Crippen LogP) is 2.49. The number of thiophene rings is 1. The van der Waals surface area contributed by atoms with Gasteiger partial charge >= 0.3 is 0 Å². The number of hydrogen-bond donors (Lipinski definition) is 2. The number of hydrogen-bond acceptors (Lipinski definition) is 6. The van der Waals surface area contributed by atoms with Gasteiger partial charge < -0.3 is 5.32 Å². The Balaban J connectivity index is 1.97. The van der Waals surface area contributed by atoms with Crippen molar-refractivity contribution in [2.75, 3.05) is 6.54 Å². The van der Waals surface area contributed by atoms with Crippen molar-refractivity contribution >= 4 is 32.7 Å². The van der Waals surface area contributed by atoms with Crippen LogP contribution in [0.25, 0.3) is 0 Å². The molecule has 0 radical (unpaired) electrons. The maximum absolute atomic E-state index is 12.2. The summed E-state index contributed by atoms with van der Waals surface area (Å²) in [6, 6.07) is 3.52. The third-order valence-electron chi connectivity index (χ3n) is 2.90. The lowest BCUT2D eigenvalue weighted by Crippen LogP contribution is -2.22. The molecule has 0 aliphatic carbocycles. The first-order chi connectivity index (χ1) is 10.0. The predicted molar refractivity (Wildman–Crippen MR) is 87.2 cm³/mol. The summed E-state index contributed by atoms with van der Waals surface area (Å²) in [6.45, 7) is 5.91. The number of aryl methyl sites for hydroxylation is 1. The number of aromatic nitrogens is 1. The van der Waals surface area contributed by atoms with Crippen molar-refractivity contribution in [2.24, 2.45) is 0 Å². The van der Waals surface area contributed by atoms with E-state index in [4.69, 9.17) is 0 Å². The maximum atomic E-state index is 12.2. The van der Waals surface area contributed by atoms with Crippen LogP contribution in [0.3, 0.4) is 0 Å². The second kappa shape index (κ2) is 7.46. The molecule has 0 unspecified atom stereocenters. The van der Waals surface area contributed by atoms with Crippen LogP contribution >= 0.6 is 22.7 Å². The first kappa shape index (κ1) is 16.6. The topological polar surface area (TPSA) is 71.1 Å². The van der Waals surface area contributed by atoms with E-state index in [0.29, 0.717) is 17.3 Å². The van der Waals surface area contributed by atoms with Crippen LogP contribution in [0.15, 0.2) is 21.9 Å². The molecule has 21 heavy (non-hydrogen) atoms. The second-order valence-corrected chi connectivity index (χ2v) is 8.68. The molecule has 0 aliphatic rings. The Morgan fingerprint density at radius 2 is 2.10 bits per heavy atom. The molecular weight excluding hydrogens is 326 g/mol. The standard InChI is InChI=1S/C13H19N3O2S3/c1-3-6-14-7-11-4-5-13(20-11)21(17,18)16-8-12-10(2)15-9-19-12/h4-5,9,14,16H,3,6-8H2,1-2H3. The lowest BCUT2D eigenvalue weighted by Gasteiger charge is -2.03. The van der Waals surface area contributed by atoms with Crippen LogP contribution in [0.4, 0.5) is 0 Å². The molecule has 8 heteroatoms. The fraction of sp³-hybridized carbons (Fsp3) is 0.462. The highest BCUT2D eigenvalue weighted by atomic mass is 32.2. The number of thiazole rings is 1. The van der Waals surface area contributed by atoms with Crippen LogP contribution in [-0.4, -0.2) is 19.9 Å². The molecule has 2 aromatic heterocycles. The van der Waals surface area contributed by atoms with E-state index in [9.17, 15) is 8.42 Å². The van der Waals surface area contributed by atoms with E-state index < -0.39 is 10.0 Å². The normalized spacial score (nSPS) is 11.9. The van der Waals surface area contributed by atoms with E-state index in [-0.39, 0.29) is 0 Å². The summed E-state index contributed by atoms with van der Waals surface area (Å²) >= 11 is 2.77. The Bertz CT molecular complexity index is 676. The third kappa shape index (κ3) is 4.58. The van der Waals surface area contributed by atoms with Gasteiger partial charge in [-0.3, -0.25) is 0 Å². The molecule has 0 amide bonds. The van der Waals surface area contributed by atoms with Crippen LogP contribution in [0.1, 0.15) is 28.8 Å². The van der Waals surface area contributed by atoms with Gasteiger partial charge in [0, 0.05) is 22.8 Å². The third-order valence-corrected chi connectivity index (χ3v) is 6.81. The molecule has 2 aromatic rings. The average molecular weight is 346 g/mol. The van der Waals surface area contributed by atoms with Gasteiger partial charge in [-0.1, -0.05) is 6.92 Å². The second-order valence-electron chi connectivity index (χ2n) is 4.58. The quantitative estimate of drug-likeness (QED) is 0.721. The smallest absolute Gasteiger partial charge is 0.250 e. The summed E-state index contributed by atoms with van der Waals surface area (Å²) < 4.78 is 27.5. The minimum absolute atomic E-state index is 0.292. The molecule has 2 N–H and O–H groups in total. The Morgan fingerprint density at radius 1 is 1.29 bits per heavy atom. The van der Waals surface area contributed by atoms with E-state index in [2.05, 4.69) is 21.9 Å². The molecule has 0 aliphatic heterocycles. The highest BCUT2D eigenvalue weighted by molar-refractivity contribution is 7.91. The molecular formula is C13H19N3O2S3. The first-order valence-electron chi connectivity index (χ1n) is 6.71. The Morgan fingerprint density at radius 3 is 2.76 bits per heavy atom. The summed E-state index contributed by atoms with van der Waals surface area (Å²) in [4.78, 5) is 6.08. The van der Waals surface area contributed by atoms with Gasteiger partial charge in [-0.25, -0.2) is 18.1 Å². The van der Waals surface area contributed by atoms with Crippen molar-refractivity contribution < 1.29 is 8.42 Å². The zero-order chi connectivity index (χ0) is 15.3. The fourth-order valence-electron chi connectivity index (χ4n) is 1.71. The van der Waals surface area contributed by atoms with Crippen molar-refractivity contribution in [1.29, 1.82) is 0 Å². The lowest BCUT2D eigenvalue weighted by molar-refractivity contribution is 0.584. The van der Waals surface area contributed by atoms with Gasteiger partial charge in [0.25, 0.3) is 0 Å². The summed E-state index contributed by atoms with van der Waals surface area (Å²) in [5, 5.41) is 3.27. The molecule has 0 atom stereocenters. The summed E-state index contributed by atoms with van der Waals surface area (Å²) in [5.74, 6) is 0. The van der Waals surface area contributed by atoms with Gasteiger partial charge in [0.15, 0.2) is 0 Å². The minimum Gasteiger partial charge on any atom is -0.312 e. The monoisotopic (exact) mass is 345 g/mol. The SMILES string of the molecule is CCCNCc1ccc(S(=O)(=O)NCc2scnc2C)s1. The van der Waals surface area contributed by atoms with Gasteiger partial charge in [-0.05, 0) is 32.0 Å². The van der Waals surface area contributed by atoms with Gasteiger partial charge in [0.1, 0.15) is 4.21 Å². The van der Waals surface area contributed by atoms with Crippen molar-refractivity contribution in [3.05, 3.63) is 33.1 Å². The van der Waals surface area contributed by atoms with E-state index in [0.717, 1.165) is 28.4 Å². The molecule has 116 valence electrons. The first-order valence-corrected chi connectivity index (χ1v) is 9.89. The number of nitrogens with zero attached hydrogens (tertiary/aromatic N) is 1. The van der Waals surface area contributed by atoms with Crippen molar-refractivity contribution in [3.63, 3.8) is 0 Å². The number of sulfonamides is 1. The van der Waals surface area contributed by atoms with Crippen LogP contribution < -0.4 is 10.0 Å². The largest absolute Gasteiger partial charge is 0.312 e. The molecule has 0 spiro atoms. The van der Waals surface area contributed by atoms with Gasteiger partial charge in [0.05, 0.1) is 11.2 Å². The van der Waals surface area contributed by atoms with Crippen molar-refractivity contribution in [3.8, 4) is 0 Å². The molecule has 0 saturated carbocycles. The van der Waals surface area contributed by atoms with Crippen LogP contribution in [0, 0.1) is 6.92 Å². The van der Waals surface area contributed by atoms with E-state index in [1.54, 1.807) is 11.6 Å². The molecule has 2 rings (SSSR count). The van der Waals surface area contributed by atoms with Crippen LogP contribution in [0.5, 0.6) is 0 Å². The van der Waals surface area contributed by atoms with Gasteiger partial charge in [0.2, 0.25) is 10.0 Å². The molecule has 0 fully saturated rings. The number of nitrogens with one attached hydrogen (secondary N) is 2. The Hall–Kier alpha value is -0.800. The van der Waals surface area contributed by atoms with E-state index >= 15 is 0 Å². The molecule has 2 heterocycles. The highest BCUT2D eigenvalue weighted by Crippen LogP contribution is 2.22. The molecule has 0 bridgehead atoms. The van der Waals surface area contributed by atoms with E-state index in [1.165, 1.54) is 22.7 Å². The Kier molecular flexibility index (Phi) is 5.88. The summed E-state index contributed by atoms with van der Waals surface area (Å²) in [6.07, 6.45) is 1.06. The highest BCUT2D eigenvalue weighted by Gasteiger charge is 2.17. The van der Waals surface area contributed by atoms with Crippen molar-refractivity contribution in [1.82, 2.24) is 15.0 Å². The zero-order valence-electron chi connectivity index (χ0n) is 12.0. The van der Waals surface area contributed by atoms with Gasteiger partial charge in [-0.15, -0.1) is 22.7 Å². The van der Waals surface area contributed by atoms with Crippen LogP contribution in [-0.2, 0) is 23.1 Å². The lowest BCUT2D eigenvalue weighted by atomic mass is 10.4. The number of rotatable bonds is 8. The Labute approximate surface area is 133 Å². The average Bonchev–Trinajstić information content (AvgIpc) is 3.06. The maximum Gasteiger partial charge on any atom is 0.250 e. The molecule has 0 aromatic carbocycles. The minimum atomic E-state index is -3.44. The molecule has 0 saturated heterocycles.